The predicted molar refractivity (Wildman–Crippen MR) is 164 cm³/mol. The number of nitrogens with one attached hydrogen (secondary N) is 1. The molecule has 0 saturated heterocycles. The van der Waals surface area contributed by atoms with Gasteiger partial charge in [0.05, 0.1) is 26.4 Å². The highest BCUT2D eigenvalue weighted by Crippen LogP contribution is 2.47. The number of ketones is 1. The van der Waals surface area contributed by atoms with Gasteiger partial charge in [-0.25, -0.2) is 4.79 Å². The maximum absolute atomic E-state index is 14.0. The minimum absolute atomic E-state index is 0.0230. The summed E-state index contributed by atoms with van der Waals surface area (Å²) < 4.78 is 27.9. The third kappa shape index (κ3) is 6.37. The Kier molecular flexibility index (Phi) is 9.43. The minimum atomic E-state index is -0.715. The van der Waals surface area contributed by atoms with E-state index in [2.05, 4.69) is 5.32 Å². The van der Waals surface area contributed by atoms with Crippen molar-refractivity contribution in [3.8, 4) is 28.7 Å². The number of ether oxygens (including phenoxy) is 5. The Hall–Kier alpha value is -4.92. The van der Waals surface area contributed by atoms with Gasteiger partial charge in [0, 0.05) is 29.3 Å². The third-order valence-electron chi connectivity index (χ3n) is 7.87. The third-order valence-corrected chi connectivity index (χ3v) is 7.87. The zero-order chi connectivity index (χ0) is 31.2. The number of dihydropyridines is 1. The van der Waals surface area contributed by atoms with Gasteiger partial charge in [0.25, 0.3) is 0 Å². The van der Waals surface area contributed by atoms with Gasteiger partial charge in [-0.1, -0.05) is 30.3 Å². The van der Waals surface area contributed by atoms with Crippen LogP contribution in [0.15, 0.2) is 89.3 Å². The van der Waals surface area contributed by atoms with E-state index in [4.69, 9.17) is 23.7 Å². The minimum Gasteiger partial charge on any atom is -0.504 e. The Balaban J connectivity index is 1.47. The zero-order valence-electron chi connectivity index (χ0n) is 25.3. The number of hydrogen-bond donors (Lipinski definition) is 2. The van der Waals surface area contributed by atoms with Crippen LogP contribution in [-0.2, 0) is 14.3 Å². The van der Waals surface area contributed by atoms with Crippen LogP contribution in [0.5, 0.6) is 28.7 Å². The summed E-state index contributed by atoms with van der Waals surface area (Å²) in [6.45, 7) is 4.17. The van der Waals surface area contributed by atoms with Crippen molar-refractivity contribution in [2.75, 3.05) is 34.0 Å². The van der Waals surface area contributed by atoms with Crippen LogP contribution in [-0.4, -0.2) is 50.9 Å². The van der Waals surface area contributed by atoms with Crippen molar-refractivity contribution in [3.63, 3.8) is 0 Å². The number of phenolic OH excluding ortho intramolecular Hbond substituents is 1. The molecule has 3 aromatic carbocycles. The molecule has 0 amide bonds. The molecule has 1 heterocycles. The van der Waals surface area contributed by atoms with Gasteiger partial charge in [-0.2, -0.15) is 0 Å². The van der Waals surface area contributed by atoms with Crippen LogP contribution in [0.3, 0.4) is 0 Å². The number of para-hydroxylation sites is 1. The average molecular weight is 600 g/mol. The first-order chi connectivity index (χ1) is 21.3. The smallest absolute Gasteiger partial charge is 0.336 e. The molecular formula is C35H37NO8. The van der Waals surface area contributed by atoms with Gasteiger partial charge in [-0.15, -0.1) is 0 Å². The van der Waals surface area contributed by atoms with Crippen molar-refractivity contribution in [1.29, 1.82) is 0 Å². The van der Waals surface area contributed by atoms with Gasteiger partial charge < -0.3 is 34.1 Å². The van der Waals surface area contributed by atoms with Crippen LogP contribution in [0.1, 0.15) is 49.7 Å². The van der Waals surface area contributed by atoms with Gasteiger partial charge in [0.1, 0.15) is 19.0 Å². The molecular weight excluding hydrogens is 562 g/mol. The fourth-order valence-electron chi connectivity index (χ4n) is 5.86. The second kappa shape index (κ2) is 13.6. The fraction of sp³-hybridized carbons (Fsp3) is 0.314. The number of benzene rings is 3. The quantitative estimate of drug-likeness (QED) is 0.209. The fourth-order valence-corrected chi connectivity index (χ4v) is 5.86. The van der Waals surface area contributed by atoms with E-state index in [-0.39, 0.29) is 42.8 Å². The van der Waals surface area contributed by atoms with E-state index in [1.165, 1.54) is 6.07 Å². The largest absolute Gasteiger partial charge is 0.504 e. The van der Waals surface area contributed by atoms with E-state index in [9.17, 15) is 14.7 Å². The molecule has 0 bridgehead atoms. The average Bonchev–Trinajstić information content (AvgIpc) is 3.03. The highest BCUT2D eigenvalue weighted by molar-refractivity contribution is 6.04. The standard InChI is InChI=1S/C35H37NO8/c1-5-42-30-20-23(11-13-27(30)37)33-32(35(39)44-16-15-43-25-9-7-6-8-10-25)21(2)36-26-17-24(18-28(38)34(26)33)22-12-14-29(40-3)31(19-22)41-4/h6-14,19-20,24,33,36-37H,5,15-18H2,1-4H3/t24-,33+/m1/s1. The van der Waals surface area contributed by atoms with Gasteiger partial charge in [-0.05, 0) is 73.7 Å². The first-order valence-electron chi connectivity index (χ1n) is 14.6. The van der Waals surface area contributed by atoms with Gasteiger partial charge >= 0.3 is 5.97 Å². The van der Waals surface area contributed by atoms with Crippen LogP contribution in [0.2, 0.25) is 0 Å². The maximum atomic E-state index is 14.0. The zero-order valence-corrected chi connectivity index (χ0v) is 25.3. The number of rotatable bonds is 11. The lowest BCUT2D eigenvalue weighted by molar-refractivity contribution is -0.140. The maximum Gasteiger partial charge on any atom is 0.336 e. The highest BCUT2D eigenvalue weighted by Gasteiger charge is 2.42. The van der Waals surface area contributed by atoms with Gasteiger partial charge in [0.2, 0.25) is 0 Å². The molecule has 0 aromatic heterocycles. The topological polar surface area (TPSA) is 113 Å². The molecule has 0 spiro atoms. The summed E-state index contributed by atoms with van der Waals surface area (Å²) >= 11 is 0. The second-order valence-electron chi connectivity index (χ2n) is 10.6. The second-order valence-corrected chi connectivity index (χ2v) is 10.6. The number of methoxy groups -OCH3 is 2. The summed E-state index contributed by atoms with van der Waals surface area (Å²) in [6, 6.07) is 19.9. The van der Waals surface area contributed by atoms with E-state index in [1.54, 1.807) is 26.4 Å². The molecule has 2 atom stereocenters. The molecule has 0 fully saturated rings. The summed E-state index contributed by atoms with van der Waals surface area (Å²) in [5.74, 6) is 0.680. The van der Waals surface area contributed by atoms with Gasteiger partial charge in [0.15, 0.2) is 28.8 Å². The Morgan fingerprint density at radius 3 is 2.34 bits per heavy atom. The molecule has 44 heavy (non-hydrogen) atoms. The monoisotopic (exact) mass is 599 g/mol. The van der Waals surface area contributed by atoms with E-state index >= 15 is 0 Å². The molecule has 9 nitrogen and oxygen atoms in total. The lowest BCUT2D eigenvalue weighted by atomic mass is 9.71. The molecule has 230 valence electrons. The lowest BCUT2D eigenvalue weighted by Gasteiger charge is -2.37. The number of phenols is 1. The van der Waals surface area contributed by atoms with Crippen LogP contribution >= 0.6 is 0 Å². The van der Waals surface area contributed by atoms with Crippen LogP contribution in [0.25, 0.3) is 0 Å². The SMILES string of the molecule is CCOc1cc([C@H]2C(C(=O)OCCOc3ccccc3)=C(C)NC3=C2C(=O)C[C@H](c2ccc(OC)c(OC)c2)C3)ccc1O. The molecule has 1 aliphatic carbocycles. The Bertz CT molecular complexity index is 1590. The summed E-state index contributed by atoms with van der Waals surface area (Å²) in [6.07, 6.45) is 0.795. The number of hydrogen-bond acceptors (Lipinski definition) is 9. The first kappa shape index (κ1) is 30.5. The van der Waals surface area contributed by atoms with Crippen molar-refractivity contribution in [1.82, 2.24) is 5.32 Å². The molecule has 1 aliphatic heterocycles. The van der Waals surface area contributed by atoms with E-state index in [0.717, 1.165) is 11.3 Å². The molecule has 2 aliphatic rings. The van der Waals surface area contributed by atoms with Gasteiger partial charge in [-0.3, -0.25) is 4.79 Å². The summed E-state index contributed by atoms with van der Waals surface area (Å²) in [5, 5.41) is 13.8. The summed E-state index contributed by atoms with van der Waals surface area (Å²) in [4.78, 5) is 27.7. The van der Waals surface area contributed by atoms with Crippen molar-refractivity contribution in [2.45, 2.75) is 38.5 Å². The number of Topliss-reactive ketones (excluding diaryl/α,β-unsaturated/α-hetero) is 1. The Morgan fingerprint density at radius 1 is 0.886 bits per heavy atom. The number of allylic oxidation sites excluding steroid dienone is 3. The predicted octanol–water partition coefficient (Wildman–Crippen LogP) is 5.79. The highest BCUT2D eigenvalue weighted by atomic mass is 16.6. The van der Waals surface area contributed by atoms with Crippen LogP contribution < -0.4 is 24.3 Å². The Morgan fingerprint density at radius 2 is 1.61 bits per heavy atom. The number of aromatic hydroxyl groups is 1. The lowest BCUT2D eigenvalue weighted by Crippen LogP contribution is -2.36. The molecule has 2 N–H and O–H groups in total. The molecule has 0 radical (unpaired) electrons. The van der Waals surface area contributed by atoms with Crippen molar-refractivity contribution in [3.05, 3.63) is 100 Å². The summed E-state index contributed by atoms with van der Waals surface area (Å²) in [5.41, 5.74) is 3.77. The van der Waals surface area contributed by atoms with Crippen molar-refractivity contribution >= 4 is 11.8 Å². The normalized spacial score (nSPS) is 17.9. The first-order valence-corrected chi connectivity index (χ1v) is 14.6. The molecule has 0 unspecified atom stereocenters. The molecule has 9 heteroatoms. The van der Waals surface area contributed by atoms with Crippen LogP contribution in [0.4, 0.5) is 0 Å². The van der Waals surface area contributed by atoms with E-state index in [0.29, 0.717) is 52.7 Å². The number of carbonyl (C=O) groups is 2. The van der Waals surface area contributed by atoms with Crippen LogP contribution in [0, 0.1) is 0 Å². The van der Waals surface area contributed by atoms with Crippen molar-refractivity contribution in [2.24, 2.45) is 0 Å². The molecule has 0 saturated carbocycles. The van der Waals surface area contributed by atoms with Crippen molar-refractivity contribution < 1.29 is 38.4 Å². The molecule has 5 rings (SSSR count). The Labute approximate surface area is 257 Å². The number of esters is 1. The molecule has 3 aromatic rings. The number of carbonyl (C=O) groups excluding carboxylic acids is 2. The summed E-state index contributed by atoms with van der Waals surface area (Å²) in [7, 11) is 3.16. The van der Waals surface area contributed by atoms with E-state index < -0.39 is 11.9 Å². The van der Waals surface area contributed by atoms with E-state index in [1.807, 2.05) is 62.4 Å².